The van der Waals surface area contributed by atoms with Crippen molar-refractivity contribution >= 4 is 0 Å². The molecule has 0 saturated carbocycles. The van der Waals surface area contributed by atoms with Gasteiger partial charge in [-0.1, -0.05) is 5.92 Å². The zero-order valence-corrected chi connectivity index (χ0v) is 6.93. The third-order valence-corrected chi connectivity index (χ3v) is 1.38. The summed E-state index contributed by atoms with van der Waals surface area (Å²) < 4.78 is 39.6. The van der Waals surface area contributed by atoms with Crippen LogP contribution < -0.4 is 4.74 Å². The summed E-state index contributed by atoms with van der Waals surface area (Å²) in [6, 6.07) is 3.62. The van der Waals surface area contributed by atoms with Crippen molar-refractivity contribution in [1.29, 1.82) is 0 Å². The lowest BCUT2D eigenvalue weighted by Gasteiger charge is -2.00. The fraction of sp³-hybridized carbons (Fsp3) is 0. The lowest BCUT2D eigenvalue weighted by atomic mass is 10.2. The third-order valence-electron chi connectivity index (χ3n) is 1.38. The maximum absolute atomic E-state index is 12.3. The van der Waals surface area contributed by atoms with Crippen LogP contribution in [0.3, 0.4) is 0 Å². The van der Waals surface area contributed by atoms with Crippen molar-refractivity contribution in [2.24, 2.45) is 0 Å². The molecule has 0 spiro atoms. The molecule has 1 rings (SSSR count). The van der Waals surface area contributed by atoms with Gasteiger partial charge in [-0.2, -0.15) is 13.2 Å². The largest absolute Gasteiger partial charge is 0.428 e. The number of halogens is 3. The van der Waals surface area contributed by atoms with Gasteiger partial charge in [-0.3, -0.25) is 0 Å². The molecule has 0 bridgehead atoms. The van der Waals surface area contributed by atoms with Gasteiger partial charge < -0.3 is 4.74 Å². The van der Waals surface area contributed by atoms with E-state index >= 15 is 0 Å². The van der Waals surface area contributed by atoms with E-state index in [-0.39, 0.29) is 5.75 Å². The van der Waals surface area contributed by atoms with Crippen LogP contribution in [-0.2, 0) is 0 Å². The third kappa shape index (κ3) is 2.56. The molecule has 0 atom stereocenters. The smallest absolute Gasteiger partial charge is 0.344 e. The van der Waals surface area contributed by atoms with E-state index in [2.05, 4.69) is 10.7 Å². The first-order valence-electron chi connectivity index (χ1n) is 3.59. The van der Waals surface area contributed by atoms with Crippen molar-refractivity contribution in [2.75, 3.05) is 0 Å². The Bertz CT molecular complexity index is 383. The van der Waals surface area contributed by atoms with Gasteiger partial charge >= 0.3 is 12.1 Å². The normalized spacial score (nSPS) is 9.00. The van der Waals surface area contributed by atoms with E-state index in [0.29, 0.717) is 5.56 Å². The Morgan fingerprint density at radius 2 is 1.71 bits per heavy atom. The number of ether oxygens (including phenoxy) is 1. The van der Waals surface area contributed by atoms with Crippen molar-refractivity contribution < 1.29 is 17.9 Å². The highest BCUT2D eigenvalue weighted by atomic mass is 19.3. The molecule has 14 heavy (non-hydrogen) atoms. The number of hydrogen-bond acceptors (Lipinski definition) is 1. The summed E-state index contributed by atoms with van der Waals surface area (Å²) in [5.74, 6) is 2.29. The molecule has 0 aromatic heterocycles. The molecule has 0 aliphatic carbocycles. The van der Waals surface area contributed by atoms with Crippen LogP contribution in [0, 0.1) is 12.3 Å². The first-order chi connectivity index (χ1) is 6.63. The molecule has 72 valence electrons. The minimum atomic E-state index is -2.49. The molecule has 0 radical (unpaired) electrons. The lowest BCUT2D eigenvalue weighted by Crippen LogP contribution is -1.90. The van der Waals surface area contributed by atoms with E-state index in [0.717, 1.165) is 0 Å². The summed E-state index contributed by atoms with van der Waals surface area (Å²) in [7, 11) is 0. The summed E-state index contributed by atoms with van der Waals surface area (Å²) in [6.07, 6.45) is 2.56. The summed E-state index contributed by atoms with van der Waals surface area (Å²) in [6.45, 7) is 0. The Labute approximate surface area is 78.8 Å². The molecule has 0 unspecified atom stereocenters. The van der Waals surface area contributed by atoms with Crippen LogP contribution in [0.25, 0.3) is 0 Å². The number of benzene rings is 1. The van der Waals surface area contributed by atoms with Gasteiger partial charge in [0, 0.05) is 5.56 Å². The van der Waals surface area contributed by atoms with Crippen molar-refractivity contribution in [3.8, 4) is 18.1 Å². The van der Waals surface area contributed by atoms with Crippen molar-refractivity contribution in [3.05, 3.63) is 41.9 Å². The zero-order valence-electron chi connectivity index (χ0n) is 6.93. The van der Waals surface area contributed by atoms with Gasteiger partial charge in [-0.15, -0.1) is 6.42 Å². The molecule has 1 aromatic rings. The van der Waals surface area contributed by atoms with Crippen LogP contribution in [0.1, 0.15) is 5.56 Å². The molecular formula is C10H5F3O. The van der Waals surface area contributed by atoms with Crippen LogP contribution >= 0.6 is 0 Å². The SMILES string of the molecule is C#Cc1ccc(OC(F)=C(F)F)cc1. The highest BCUT2D eigenvalue weighted by Crippen LogP contribution is 2.18. The van der Waals surface area contributed by atoms with Gasteiger partial charge in [0.1, 0.15) is 5.75 Å². The summed E-state index contributed by atoms with van der Waals surface area (Å²) in [5.41, 5.74) is 0.558. The monoisotopic (exact) mass is 198 g/mol. The maximum atomic E-state index is 12.3. The van der Waals surface area contributed by atoms with Crippen LogP contribution in [0.4, 0.5) is 13.2 Å². The zero-order chi connectivity index (χ0) is 10.6. The lowest BCUT2D eigenvalue weighted by molar-refractivity contribution is 0.241. The molecule has 0 fully saturated rings. The molecule has 0 heterocycles. The van der Waals surface area contributed by atoms with Crippen LogP contribution in [0.2, 0.25) is 0 Å². The highest BCUT2D eigenvalue weighted by molar-refractivity contribution is 5.36. The molecule has 0 N–H and O–H groups in total. The minimum Gasteiger partial charge on any atom is -0.428 e. The first kappa shape index (κ1) is 10.2. The molecule has 0 amide bonds. The minimum absolute atomic E-state index is 0.0331. The molecule has 1 aromatic carbocycles. The number of terminal acetylenes is 1. The van der Waals surface area contributed by atoms with E-state index in [1.807, 2.05) is 0 Å². The average Bonchev–Trinajstić information content (AvgIpc) is 2.19. The second-order valence-corrected chi connectivity index (χ2v) is 2.30. The summed E-state index contributed by atoms with van der Waals surface area (Å²) in [5, 5.41) is 0. The van der Waals surface area contributed by atoms with E-state index < -0.39 is 12.1 Å². The van der Waals surface area contributed by atoms with Crippen molar-refractivity contribution in [1.82, 2.24) is 0 Å². The van der Waals surface area contributed by atoms with E-state index in [9.17, 15) is 13.2 Å². The maximum Gasteiger partial charge on any atom is 0.344 e. The van der Waals surface area contributed by atoms with E-state index in [4.69, 9.17) is 6.42 Å². The first-order valence-corrected chi connectivity index (χ1v) is 3.59. The Morgan fingerprint density at radius 3 is 2.14 bits per heavy atom. The van der Waals surface area contributed by atoms with Crippen LogP contribution in [-0.4, -0.2) is 0 Å². The second-order valence-electron chi connectivity index (χ2n) is 2.30. The molecule has 0 aliphatic rings. The van der Waals surface area contributed by atoms with Crippen LogP contribution in [0.15, 0.2) is 36.4 Å². The van der Waals surface area contributed by atoms with E-state index in [1.165, 1.54) is 24.3 Å². The predicted octanol–water partition coefficient (Wildman–Crippen LogP) is 3.08. The average molecular weight is 198 g/mol. The van der Waals surface area contributed by atoms with Gasteiger partial charge in [-0.25, -0.2) is 0 Å². The fourth-order valence-electron chi connectivity index (χ4n) is 0.761. The Balaban J connectivity index is 2.81. The van der Waals surface area contributed by atoms with Crippen molar-refractivity contribution in [3.63, 3.8) is 0 Å². The molecular weight excluding hydrogens is 193 g/mol. The standard InChI is InChI=1S/C10H5F3O/c1-2-7-3-5-8(6-4-7)14-10(13)9(11)12/h1,3-6H. The van der Waals surface area contributed by atoms with Crippen LogP contribution in [0.5, 0.6) is 5.75 Å². The number of rotatable bonds is 2. The predicted molar refractivity (Wildman–Crippen MR) is 45.4 cm³/mol. The Hall–Kier alpha value is -1.89. The quantitative estimate of drug-likeness (QED) is 0.524. The number of hydrogen-bond donors (Lipinski definition) is 0. The van der Waals surface area contributed by atoms with Gasteiger partial charge in [-0.05, 0) is 24.3 Å². The molecule has 0 aliphatic heterocycles. The summed E-state index contributed by atoms with van der Waals surface area (Å²) >= 11 is 0. The van der Waals surface area contributed by atoms with E-state index in [1.54, 1.807) is 0 Å². The van der Waals surface area contributed by atoms with Gasteiger partial charge in [0.15, 0.2) is 0 Å². The van der Waals surface area contributed by atoms with Crippen molar-refractivity contribution in [2.45, 2.75) is 0 Å². The topological polar surface area (TPSA) is 9.23 Å². The fourth-order valence-corrected chi connectivity index (χ4v) is 0.761. The second kappa shape index (κ2) is 4.38. The summed E-state index contributed by atoms with van der Waals surface area (Å²) in [4.78, 5) is 0. The Morgan fingerprint density at radius 1 is 1.14 bits per heavy atom. The van der Waals surface area contributed by atoms with Gasteiger partial charge in [0.2, 0.25) is 0 Å². The molecule has 0 saturated heterocycles. The van der Waals surface area contributed by atoms with Gasteiger partial charge in [0.05, 0.1) is 0 Å². The molecule has 1 nitrogen and oxygen atoms in total. The van der Waals surface area contributed by atoms with Gasteiger partial charge in [0.25, 0.3) is 0 Å². The Kier molecular flexibility index (Phi) is 3.19. The highest BCUT2D eigenvalue weighted by Gasteiger charge is 2.06. The molecule has 4 heteroatoms.